The maximum Gasteiger partial charge on any atom is 0.216 e. The Hall–Kier alpha value is -0.130. The summed E-state index contributed by atoms with van der Waals surface area (Å²) in [5.74, 6) is 0.930. The lowest BCUT2D eigenvalue weighted by molar-refractivity contribution is 0.260. The van der Waals surface area contributed by atoms with Crippen molar-refractivity contribution in [2.24, 2.45) is 17.6 Å². The molecule has 0 radical (unpaired) electrons. The normalized spacial score (nSPS) is 39.1. The summed E-state index contributed by atoms with van der Waals surface area (Å²) in [5.41, 5.74) is 6.16. The third-order valence-corrected chi connectivity index (χ3v) is 7.54. The molecule has 3 fully saturated rings. The number of rotatable bonds is 2. The minimum Gasteiger partial charge on any atom is -0.327 e. The van der Waals surface area contributed by atoms with Gasteiger partial charge >= 0.3 is 0 Å². The number of hydrogen-bond donors (Lipinski definition) is 1. The zero-order chi connectivity index (χ0) is 12.8. The molecule has 3 aliphatic rings. The number of nitrogens with two attached hydrogens (primary N) is 1. The average Bonchev–Trinajstić information content (AvgIpc) is 2.99. The van der Waals surface area contributed by atoms with Gasteiger partial charge < -0.3 is 5.73 Å². The maximum atomic E-state index is 12.6. The van der Waals surface area contributed by atoms with E-state index in [0.717, 1.165) is 45.1 Å². The lowest BCUT2D eigenvalue weighted by atomic mass is 9.78. The van der Waals surface area contributed by atoms with Crippen molar-refractivity contribution in [1.82, 2.24) is 4.31 Å². The number of hydrogen-bond acceptors (Lipinski definition) is 3. The van der Waals surface area contributed by atoms with E-state index < -0.39 is 10.0 Å². The van der Waals surface area contributed by atoms with Crippen molar-refractivity contribution in [3.63, 3.8) is 0 Å². The van der Waals surface area contributed by atoms with Gasteiger partial charge in [0.1, 0.15) is 0 Å². The summed E-state index contributed by atoms with van der Waals surface area (Å²) in [6.45, 7) is 1.42. The summed E-state index contributed by atoms with van der Waals surface area (Å²) >= 11 is 0. The van der Waals surface area contributed by atoms with Crippen LogP contribution in [0, 0.1) is 11.8 Å². The fourth-order valence-corrected chi connectivity index (χ4v) is 6.21. The lowest BCUT2D eigenvalue weighted by Gasteiger charge is -2.29. The van der Waals surface area contributed by atoms with Crippen LogP contribution >= 0.6 is 0 Å². The third kappa shape index (κ3) is 2.10. The lowest BCUT2D eigenvalue weighted by Crippen LogP contribution is -2.39. The molecule has 2 aliphatic carbocycles. The predicted molar refractivity (Wildman–Crippen MR) is 71.6 cm³/mol. The largest absolute Gasteiger partial charge is 0.327 e. The summed E-state index contributed by atoms with van der Waals surface area (Å²) in [7, 11) is -3.04. The van der Waals surface area contributed by atoms with Gasteiger partial charge in [0.25, 0.3) is 0 Å². The van der Waals surface area contributed by atoms with Crippen LogP contribution < -0.4 is 5.73 Å². The zero-order valence-corrected chi connectivity index (χ0v) is 11.7. The van der Waals surface area contributed by atoms with E-state index in [1.807, 2.05) is 0 Å². The van der Waals surface area contributed by atoms with Gasteiger partial charge in [-0.25, -0.2) is 12.7 Å². The van der Waals surface area contributed by atoms with E-state index in [0.29, 0.717) is 18.4 Å². The number of fused-ring (bicyclic) bond motifs is 1. The summed E-state index contributed by atoms with van der Waals surface area (Å²) < 4.78 is 26.9. The molecule has 4 nitrogen and oxygen atoms in total. The standard InChI is InChI=1S/C13H24N2O2S/c14-13-7-3-4-10-8-15(9-12(10)13)18(16,17)11-5-1-2-6-11/h10-13H,1-9,14H2. The first-order chi connectivity index (χ1) is 8.59. The van der Waals surface area contributed by atoms with E-state index in [1.54, 1.807) is 4.31 Å². The Morgan fingerprint density at radius 2 is 1.67 bits per heavy atom. The van der Waals surface area contributed by atoms with Crippen LogP contribution in [0.25, 0.3) is 0 Å². The van der Waals surface area contributed by atoms with E-state index in [9.17, 15) is 8.42 Å². The molecule has 1 aliphatic heterocycles. The van der Waals surface area contributed by atoms with Gasteiger partial charge in [-0.2, -0.15) is 0 Å². The highest BCUT2D eigenvalue weighted by molar-refractivity contribution is 7.89. The van der Waals surface area contributed by atoms with Gasteiger partial charge in [-0.05, 0) is 37.5 Å². The molecule has 0 aromatic rings. The number of sulfonamides is 1. The quantitative estimate of drug-likeness (QED) is 0.824. The van der Waals surface area contributed by atoms with Gasteiger partial charge in [0.2, 0.25) is 10.0 Å². The highest BCUT2D eigenvalue weighted by Crippen LogP contribution is 2.38. The van der Waals surface area contributed by atoms with Crippen LogP contribution in [0.2, 0.25) is 0 Å². The smallest absolute Gasteiger partial charge is 0.216 e. The molecule has 2 saturated carbocycles. The first kappa shape index (κ1) is 12.9. The monoisotopic (exact) mass is 272 g/mol. The fourth-order valence-electron chi connectivity index (χ4n) is 4.08. The first-order valence-corrected chi connectivity index (χ1v) is 8.84. The highest BCUT2D eigenvalue weighted by atomic mass is 32.2. The van der Waals surface area contributed by atoms with Crippen molar-refractivity contribution in [3.05, 3.63) is 0 Å². The molecule has 18 heavy (non-hydrogen) atoms. The van der Waals surface area contributed by atoms with E-state index >= 15 is 0 Å². The van der Waals surface area contributed by atoms with Gasteiger partial charge in [0, 0.05) is 19.1 Å². The molecular weight excluding hydrogens is 248 g/mol. The summed E-state index contributed by atoms with van der Waals surface area (Å²) in [4.78, 5) is 0. The van der Waals surface area contributed by atoms with Crippen molar-refractivity contribution in [3.8, 4) is 0 Å². The van der Waals surface area contributed by atoms with Crippen LogP contribution in [0.5, 0.6) is 0 Å². The minimum absolute atomic E-state index is 0.103. The topological polar surface area (TPSA) is 63.4 Å². The molecule has 5 heteroatoms. The molecule has 0 aromatic heterocycles. The van der Waals surface area contributed by atoms with Crippen LogP contribution in [0.1, 0.15) is 44.9 Å². The fraction of sp³-hybridized carbons (Fsp3) is 1.00. The summed E-state index contributed by atoms with van der Waals surface area (Å²) in [5, 5.41) is -0.103. The summed E-state index contributed by atoms with van der Waals surface area (Å²) in [6.07, 6.45) is 7.27. The van der Waals surface area contributed by atoms with Crippen LogP contribution in [-0.2, 0) is 10.0 Å². The first-order valence-electron chi connectivity index (χ1n) is 7.33. The Labute approximate surface area is 110 Å². The molecule has 1 saturated heterocycles. The highest BCUT2D eigenvalue weighted by Gasteiger charge is 2.45. The van der Waals surface area contributed by atoms with Crippen LogP contribution in [0.15, 0.2) is 0 Å². The van der Waals surface area contributed by atoms with Crippen LogP contribution in [0.3, 0.4) is 0 Å². The molecule has 3 atom stereocenters. The summed E-state index contributed by atoms with van der Waals surface area (Å²) in [6, 6.07) is 0.215. The molecule has 0 spiro atoms. The van der Waals surface area contributed by atoms with Gasteiger partial charge in [-0.3, -0.25) is 0 Å². The molecule has 104 valence electrons. The van der Waals surface area contributed by atoms with Gasteiger partial charge in [-0.15, -0.1) is 0 Å². The van der Waals surface area contributed by atoms with Crippen molar-refractivity contribution >= 4 is 10.0 Å². The minimum atomic E-state index is -3.04. The zero-order valence-electron chi connectivity index (χ0n) is 10.9. The SMILES string of the molecule is NC1CCCC2CN(S(=O)(=O)C3CCCC3)CC12. The Morgan fingerprint density at radius 3 is 2.33 bits per heavy atom. The van der Waals surface area contributed by atoms with E-state index in [1.165, 1.54) is 6.42 Å². The van der Waals surface area contributed by atoms with E-state index in [2.05, 4.69) is 0 Å². The average molecular weight is 272 g/mol. The van der Waals surface area contributed by atoms with Gasteiger partial charge in [0.15, 0.2) is 0 Å². The van der Waals surface area contributed by atoms with Crippen LogP contribution in [-0.4, -0.2) is 37.1 Å². The third-order valence-electron chi connectivity index (χ3n) is 5.20. The predicted octanol–water partition coefficient (Wildman–Crippen LogP) is 1.32. The van der Waals surface area contributed by atoms with Crippen molar-refractivity contribution in [2.45, 2.75) is 56.2 Å². The van der Waals surface area contributed by atoms with Crippen molar-refractivity contribution < 1.29 is 8.42 Å². The van der Waals surface area contributed by atoms with Gasteiger partial charge in [0.05, 0.1) is 5.25 Å². The second kappa shape index (κ2) is 4.76. The second-order valence-electron chi connectivity index (χ2n) is 6.29. The molecule has 1 heterocycles. The van der Waals surface area contributed by atoms with Crippen molar-refractivity contribution in [1.29, 1.82) is 0 Å². The Bertz CT molecular complexity index is 403. The molecule has 0 bridgehead atoms. The van der Waals surface area contributed by atoms with Crippen LogP contribution in [0.4, 0.5) is 0 Å². The molecule has 2 N–H and O–H groups in total. The second-order valence-corrected chi connectivity index (χ2v) is 8.50. The maximum absolute atomic E-state index is 12.6. The molecular formula is C13H24N2O2S. The molecule has 3 rings (SSSR count). The molecule has 3 unspecified atom stereocenters. The number of nitrogens with zero attached hydrogens (tertiary/aromatic N) is 1. The Kier molecular flexibility index (Phi) is 3.41. The Balaban J connectivity index is 1.74. The van der Waals surface area contributed by atoms with E-state index in [4.69, 9.17) is 5.73 Å². The molecule has 0 aromatic carbocycles. The van der Waals surface area contributed by atoms with Gasteiger partial charge in [-0.1, -0.05) is 19.3 Å². The van der Waals surface area contributed by atoms with Crippen molar-refractivity contribution in [2.75, 3.05) is 13.1 Å². The van der Waals surface area contributed by atoms with E-state index in [-0.39, 0.29) is 11.3 Å². The molecule has 0 amide bonds. The Morgan fingerprint density at radius 1 is 0.944 bits per heavy atom.